The Morgan fingerprint density at radius 1 is 1.29 bits per heavy atom. The summed E-state index contributed by atoms with van der Waals surface area (Å²) in [5, 5.41) is 13.4. The molecule has 2 aliphatic carbocycles. The van der Waals surface area contributed by atoms with Crippen molar-refractivity contribution < 1.29 is 5.11 Å². The van der Waals surface area contributed by atoms with E-state index in [1.807, 2.05) is 0 Å². The van der Waals surface area contributed by atoms with E-state index < -0.39 is 0 Å². The van der Waals surface area contributed by atoms with Crippen molar-refractivity contribution in [2.45, 2.75) is 64.1 Å². The number of hydrogen-bond acceptors (Lipinski definition) is 2. The van der Waals surface area contributed by atoms with Crippen molar-refractivity contribution in [2.24, 2.45) is 11.8 Å². The maximum Gasteiger partial charge on any atom is 0.0693 e. The summed E-state index contributed by atoms with van der Waals surface area (Å²) in [6.45, 7) is 4.59. The van der Waals surface area contributed by atoms with Crippen molar-refractivity contribution in [1.82, 2.24) is 5.32 Å². The molecule has 5 unspecified atom stereocenters. The van der Waals surface area contributed by atoms with Crippen LogP contribution < -0.4 is 5.32 Å². The summed E-state index contributed by atoms with van der Waals surface area (Å²) in [7, 11) is 0. The first kappa shape index (κ1) is 10.4. The van der Waals surface area contributed by atoms with Crippen molar-refractivity contribution in [3.8, 4) is 0 Å². The maximum absolute atomic E-state index is 9.82. The molecule has 2 fully saturated rings. The molecule has 2 N–H and O–H groups in total. The van der Waals surface area contributed by atoms with E-state index in [1.165, 1.54) is 19.3 Å². The molecule has 0 aromatic heterocycles. The number of nitrogens with one attached hydrogen (secondary N) is 1. The fraction of sp³-hybridized carbons (Fsp3) is 1.00. The quantitative estimate of drug-likeness (QED) is 0.724. The van der Waals surface area contributed by atoms with Crippen molar-refractivity contribution in [2.75, 3.05) is 0 Å². The minimum atomic E-state index is -0.0970. The molecule has 0 radical (unpaired) electrons. The first-order valence-corrected chi connectivity index (χ1v) is 6.12. The SMILES string of the molecule is CC1CC1C(C)NC1CCCCC1O. The second kappa shape index (κ2) is 4.19. The highest BCUT2D eigenvalue weighted by molar-refractivity contribution is 4.93. The van der Waals surface area contributed by atoms with Gasteiger partial charge in [0.1, 0.15) is 0 Å². The Labute approximate surface area is 87.1 Å². The highest BCUT2D eigenvalue weighted by Gasteiger charge is 2.38. The normalized spacial score (nSPS) is 44.8. The van der Waals surface area contributed by atoms with Crippen LogP contribution in [-0.2, 0) is 0 Å². The topological polar surface area (TPSA) is 32.3 Å². The number of hydrogen-bond donors (Lipinski definition) is 2. The fourth-order valence-electron chi connectivity index (χ4n) is 2.81. The van der Waals surface area contributed by atoms with Gasteiger partial charge in [0.2, 0.25) is 0 Å². The van der Waals surface area contributed by atoms with Crippen LogP contribution in [0.15, 0.2) is 0 Å². The Bertz CT molecular complexity index is 195. The van der Waals surface area contributed by atoms with Gasteiger partial charge in [0.05, 0.1) is 6.10 Å². The van der Waals surface area contributed by atoms with Gasteiger partial charge in [-0.25, -0.2) is 0 Å². The summed E-state index contributed by atoms with van der Waals surface area (Å²) in [6, 6.07) is 0.967. The summed E-state index contributed by atoms with van der Waals surface area (Å²) < 4.78 is 0. The molecule has 0 saturated heterocycles. The van der Waals surface area contributed by atoms with Gasteiger partial charge in [-0.15, -0.1) is 0 Å². The summed E-state index contributed by atoms with van der Waals surface area (Å²) in [5.74, 6) is 1.77. The van der Waals surface area contributed by atoms with Gasteiger partial charge in [0.25, 0.3) is 0 Å². The van der Waals surface area contributed by atoms with E-state index in [9.17, 15) is 5.11 Å². The lowest BCUT2D eigenvalue weighted by atomic mass is 9.92. The van der Waals surface area contributed by atoms with Crippen molar-refractivity contribution in [1.29, 1.82) is 0 Å². The lowest BCUT2D eigenvalue weighted by Crippen LogP contribution is -2.46. The van der Waals surface area contributed by atoms with E-state index in [0.29, 0.717) is 12.1 Å². The van der Waals surface area contributed by atoms with E-state index in [2.05, 4.69) is 19.2 Å². The summed E-state index contributed by atoms with van der Waals surface area (Å²) in [6.07, 6.45) is 5.91. The molecule has 0 amide bonds. The molecular weight excluding hydrogens is 174 g/mol. The molecule has 2 heteroatoms. The molecule has 5 atom stereocenters. The van der Waals surface area contributed by atoms with Crippen LogP contribution in [0, 0.1) is 11.8 Å². The molecule has 0 heterocycles. The average molecular weight is 197 g/mol. The second-order valence-electron chi connectivity index (χ2n) is 5.29. The van der Waals surface area contributed by atoms with Crippen LogP contribution in [-0.4, -0.2) is 23.3 Å². The summed E-state index contributed by atoms with van der Waals surface area (Å²) in [5.41, 5.74) is 0. The third-order valence-corrected chi connectivity index (χ3v) is 4.02. The monoisotopic (exact) mass is 197 g/mol. The van der Waals surface area contributed by atoms with E-state index in [1.54, 1.807) is 0 Å². The van der Waals surface area contributed by atoms with E-state index in [4.69, 9.17) is 0 Å². The first-order chi connectivity index (χ1) is 6.68. The lowest BCUT2D eigenvalue weighted by Gasteiger charge is -2.31. The molecule has 2 saturated carbocycles. The molecule has 0 aromatic carbocycles. The van der Waals surface area contributed by atoms with Crippen LogP contribution in [0.1, 0.15) is 46.0 Å². The van der Waals surface area contributed by atoms with Gasteiger partial charge in [-0.3, -0.25) is 0 Å². The second-order valence-corrected chi connectivity index (χ2v) is 5.29. The van der Waals surface area contributed by atoms with E-state index >= 15 is 0 Å². The fourth-order valence-corrected chi connectivity index (χ4v) is 2.81. The molecule has 0 aromatic rings. The van der Waals surface area contributed by atoms with Crippen LogP contribution >= 0.6 is 0 Å². The smallest absolute Gasteiger partial charge is 0.0693 e. The molecule has 0 spiro atoms. The van der Waals surface area contributed by atoms with Gasteiger partial charge < -0.3 is 10.4 Å². The van der Waals surface area contributed by atoms with Crippen LogP contribution in [0.4, 0.5) is 0 Å². The highest BCUT2D eigenvalue weighted by atomic mass is 16.3. The van der Waals surface area contributed by atoms with Gasteiger partial charge in [0, 0.05) is 12.1 Å². The number of rotatable bonds is 3. The van der Waals surface area contributed by atoms with Crippen LogP contribution in [0.3, 0.4) is 0 Å². The zero-order valence-electron chi connectivity index (χ0n) is 9.37. The molecule has 2 aliphatic rings. The van der Waals surface area contributed by atoms with Crippen LogP contribution in [0.5, 0.6) is 0 Å². The predicted octanol–water partition coefficient (Wildman–Crippen LogP) is 1.92. The zero-order chi connectivity index (χ0) is 10.1. The molecule has 0 aliphatic heterocycles. The summed E-state index contributed by atoms with van der Waals surface area (Å²) in [4.78, 5) is 0. The predicted molar refractivity (Wildman–Crippen MR) is 58.1 cm³/mol. The van der Waals surface area contributed by atoms with E-state index in [0.717, 1.165) is 24.7 Å². The minimum Gasteiger partial charge on any atom is -0.392 e. The third kappa shape index (κ3) is 2.29. The first-order valence-electron chi connectivity index (χ1n) is 6.12. The van der Waals surface area contributed by atoms with Crippen molar-refractivity contribution in [3.63, 3.8) is 0 Å². The summed E-state index contributed by atoms with van der Waals surface area (Å²) >= 11 is 0. The van der Waals surface area contributed by atoms with Gasteiger partial charge in [0.15, 0.2) is 0 Å². The van der Waals surface area contributed by atoms with Gasteiger partial charge in [-0.05, 0) is 38.0 Å². The van der Waals surface area contributed by atoms with Gasteiger partial charge >= 0.3 is 0 Å². The third-order valence-electron chi connectivity index (χ3n) is 4.02. The Morgan fingerprint density at radius 2 is 1.93 bits per heavy atom. The molecule has 0 bridgehead atoms. The zero-order valence-corrected chi connectivity index (χ0v) is 9.37. The minimum absolute atomic E-state index is 0.0970. The number of aliphatic hydroxyl groups is 1. The number of aliphatic hydroxyl groups excluding tert-OH is 1. The molecule has 14 heavy (non-hydrogen) atoms. The molecule has 2 rings (SSSR count). The maximum atomic E-state index is 9.82. The van der Waals surface area contributed by atoms with Crippen molar-refractivity contribution in [3.05, 3.63) is 0 Å². The Hall–Kier alpha value is -0.0800. The highest BCUT2D eigenvalue weighted by Crippen LogP contribution is 2.40. The Morgan fingerprint density at radius 3 is 2.50 bits per heavy atom. The Balaban J connectivity index is 1.77. The van der Waals surface area contributed by atoms with Gasteiger partial charge in [-0.2, -0.15) is 0 Å². The van der Waals surface area contributed by atoms with Gasteiger partial charge in [-0.1, -0.05) is 19.8 Å². The Kier molecular flexibility index (Phi) is 3.13. The lowest BCUT2D eigenvalue weighted by molar-refractivity contribution is 0.0841. The van der Waals surface area contributed by atoms with Crippen LogP contribution in [0.2, 0.25) is 0 Å². The average Bonchev–Trinajstić information content (AvgIpc) is 2.87. The molecule has 2 nitrogen and oxygen atoms in total. The molecule has 82 valence electrons. The van der Waals surface area contributed by atoms with E-state index in [-0.39, 0.29) is 6.10 Å². The molecular formula is C12H23NO. The van der Waals surface area contributed by atoms with Crippen LogP contribution in [0.25, 0.3) is 0 Å². The van der Waals surface area contributed by atoms with Crippen molar-refractivity contribution >= 4 is 0 Å². The standard InChI is InChI=1S/C12H23NO/c1-8-7-10(8)9(2)13-11-5-3-4-6-12(11)14/h8-14H,3-7H2,1-2H3. The largest absolute Gasteiger partial charge is 0.392 e.